The predicted octanol–water partition coefficient (Wildman–Crippen LogP) is 3.24. The fourth-order valence-corrected chi connectivity index (χ4v) is 3.00. The van der Waals surface area contributed by atoms with E-state index in [1.54, 1.807) is 7.11 Å². The van der Waals surface area contributed by atoms with Crippen LogP contribution in [0.4, 0.5) is 0 Å². The number of hydrogen-bond donors (Lipinski definition) is 1. The molecule has 1 nitrogen and oxygen atoms in total. The topological polar surface area (TPSA) is 9.23 Å². The summed E-state index contributed by atoms with van der Waals surface area (Å²) in [7, 11) is 1.66. The molecular weight excluding hydrogens is 192 g/mol. The minimum Gasteiger partial charge on any atom is -0.497 e. The monoisotopic (exact) mass is 206 g/mol. The van der Waals surface area contributed by atoms with E-state index in [4.69, 9.17) is 4.74 Å². The van der Waals surface area contributed by atoms with E-state index in [1.807, 2.05) is 12.1 Å². The van der Waals surface area contributed by atoms with Crippen LogP contribution >= 0.6 is 10.9 Å². The van der Waals surface area contributed by atoms with Crippen LogP contribution in [-0.4, -0.2) is 7.11 Å². The molecule has 1 heterocycles. The highest BCUT2D eigenvalue weighted by Gasteiger charge is 2.01. The van der Waals surface area contributed by atoms with Crippen LogP contribution < -0.4 is 4.74 Å². The Hall–Kier alpha value is -1.15. The lowest BCUT2D eigenvalue weighted by Crippen LogP contribution is -1.85. The lowest BCUT2D eigenvalue weighted by molar-refractivity contribution is 0.414. The Balaban J connectivity index is 2.02. The van der Waals surface area contributed by atoms with E-state index in [0.717, 1.165) is 11.5 Å². The van der Waals surface area contributed by atoms with E-state index in [2.05, 4.69) is 35.1 Å². The van der Waals surface area contributed by atoms with Crippen molar-refractivity contribution in [3.8, 4) is 5.75 Å². The quantitative estimate of drug-likeness (QED) is 0.747. The molecule has 0 bridgehead atoms. The first kappa shape index (κ1) is 9.41. The third-order valence-electron chi connectivity index (χ3n) is 2.19. The molecule has 0 saturated heterocycles. The summed E-state index contributed by atoms with van der Waals surface area (Å²) < 4.78 is 5.12. The molecule has 1 aromatic carbocycles. The molecular formula is C12H14OS. The Labute approximate surface area is 87.4 Å². The van der Waals surface area contributed by atoms with Crippen molar-refractivity contribution in [1.82, 2.24) is 0 Å². The van der Waals surface area contributed by atoms with Gasteiger partial charge in [0.1, 0.15) is 5.75 Å². The maximum atomic E-state index is 5.12. The molecule has 0 saturated carbocycles. The molecule has 0 spiro atoms. The van der Waals surface area contributed by atoms with Crippen molar-refractivity contribution in [2.45, 2.75) is 5.75 Å². The second-order valence-corrected chi connectivity index (χ2v) is 5.14. The van der Waals surface area contributed by atoms with Crippen LogP contribution in [-0.2, 0) is 5.75 Å². The maximum Gasteiger partial charge on any atom is 0.118 e. The zero-order valence-electron chi connectivity index (χ0n) is 8.18. The van der Waals surface area contributed by atoms with E-state index >= 15 is 0 Å². The molecule has 0 aromatic heterocycles. The van der Waals surface area contributed by atoms with Crippen LogP contribution in [0.5, 0.6) is 5.75 Å². The number of benzene rings is 1. The number of rotatable bonds is 3. The molecule has 0 aliphatic carbocycles. The summed E-state index contributed by atoms with van der Waals surface area (Å²) in [6, 6.07) is 8.32. The van der Waals surface area contributed by atoms with Gasteiger partial charge in [0.15, 0.2) is 0 Å². The zero-order valence-corrected chi connectivity index (χ0v) is 9.08. The highest BCUT2D eigenvalue weighted by atomic mass is 32.2. The van der Waals surface area contributed by atoms with Crippen molar-refractivity contribution >= 4 is 10.9 Å². The Morgan fingerprint density at radius 3 is 2.29 bits per heavy atom. The second-order valence-electron chi connectivity index (χ2n) is 3.20. The number of hydrogen-bond acceptors (Lipinski definition) is 1. The fraction of sp³-hybridized carbons (Fsp3) is 0.167. The van der Waals surface area contributed by atoms with Gasteiger partial charge in [-0.1, -0.05) is 24.3 Å². The van der Waals surface area contributed by atoms with Crippen molar-refractivity contribution in [3.05, 3.63) is 52.8 Å². The molecule has 2 rings (SSSR count). The SMILES string of the molecule is COc1ccc(C[SH]2C=CC=C2)cc1. The van der Waals surface area contributed by atoms with Crippen LogP contribution in [0.3, 0.4) is 0 Å². The molecule has 0 fully saturated rings. The highest BCUT2D eigenvalue weighted by molar-refractivity contribution is 8.21. The standard InChI is InChI=1S/C12H14OS/c1-13-12-6-4-11(5-7-12)10-14-8-2-3-9-14/h2-9,14H,10H2,1H3. The van der Waals surface area contributed by atoms with Crippen LogP contribution in [0.15, 0.2) is 47.2 Å². The first-order chi connectivity index (χ1) is 6.88. The van der Waals surface area contributed by atoms with E-state index in [1.165, 1.54) is 5.56 Å². The lowest BCUT2D eigenvalue weighted by atomic mass is 10.2. The molecule has 1 aromatic rings. The smallest absolute Gasteiger partial charge is 0.118 e. The van der Waals surface area contributed by atoms with Crippen molar-refractivity contribution < 1.29 is 4.74 Å². The fourth-order valence-electron chi connectivity index (χ4n) is 1.42. The van der Waals surface area contributed by atoms with E-state index in [0.29, 0.717) is 0 Å². The number of allylic oxidation sites excluding steroid dienone is 2. The number of thiol groups is 1. The van der Waals surface area contributed by atoms with Crippen LogP contribution in [0, 0.1) is 0 Å². The van der Waals surface area contributed by atoms with Gasteiger partial charge in [-0.3, -0.25) is 0 Å². The van der Waals surface area contributed by atoms with Gasteiger partial charge < -0.3 is 4.74 Å². The van der Waals surface area contributed by atoms with Crippen LogP contribution in [0.1, 0.15) is 5.56 Å². The molecule has 14 heavy (non-hydrogen) atoms. The molecule has 0 unspecified atom stereocenters. The Morgan fingerprint density at radius 1 is 1.07 bits per heavy atom. The molecule has 0 atom stereocenters. The number of ether oxygens (including phenoxy) is 1. The highest BCUT2D eigenvalue weighted by Crippen LogP contribution is 2.36. The third-order valence-corrected chi connectivity index (χ3v) is 4.03. The molecule has 1 aliphatic heterocycles. The van der Waals surface area contributed by atoms with Gasteiger partial charge in [-0.2, -0.15) is 0 Å². The summed E-state index contributed by atoms with van der Waals surface area (Å²) in [5.74, 6) is 2.07. The van der Waals surface area contributed by atoms with Gasteiger partial charge in [0.2, 0.25) is 0 Å². The van der Waals surface area contributed by atoms with E-state index in [-0.39, 0.29) is 10.9 Å². The minimum atomic E-state index is -0.0372. The number of methoxy groups -OCH3 is 1. The molecule has 1 aliphatic rings. The molecule has 0 amide bonds. The zero-order chi connectivity index (χ0) is 9.80. The summed E-state index contributed by atoms with van der Waals surface area (Å²) in [4.78, 5) is 0. The predicted molar refractivity (Wildman–Crippen MR) is 64.0 cm³/mol. The van der Waals surface area contributed by atoms with Crippen molar-refractivity contribution in [2.75, 3.05) is 7.11 Å². The Bertz CT molecular complexity index is 339. The normalized spacial score (nSPS) is 16.2. The summed E-state index contributed by atoms with van der Waals surface area (Å²) in [6.07, 6.45) is 4.27. The van der Waals surface area contributed by atoms with Gasteiger partial charge in [-0.15, -0.1) is 0 Å². The van der Waals surface area contributed by atoms with Gasteiger partial charge in [-0.25, -0.2) is 10.9 Å². The average molecular weight is 206 g/mol. The van der Waals surface area contributed by atoms with Gasteiger partial charge >= 0.3 is 0 Å². The minimum absolute atomic E-state index is 0.0372. The summed E-state index contributed by atoms with van der Waals surface area (Å²) in [5, 5.41) is 4.58. The van der Waals surface area contributed by atoms with Crippen molar-refractivity contribution in [3.63, 3.8) is 0 Å². The van der Waals surface area contributed by atoms with E-state index in [9.17, 15) is 0 Å². The summed E-state index contributed by atoms with van der Waals surface area (Å²) in [6.45, 7) is 0. The lowest BCUT2D eigenvalue weighted by Gasteiger charge is -2.09. The molecule has 0 radical (unpaired) electrons. The third kappa shape index (κ3) is 2.20. The second kappa shape index (κ2) is 4.38. The van der Waals surface area contributed by atoms with Gasteiger partial charge in [0, 0.05) is 5.75 Å². The van der Waals surface area contributed by atoms with Gasteiger partial charge in [0.05, 0.1) is 7.11 Å². The Kier molecular flexibility index (Phi) is 2.94. The van der Waals surface area contributed by atoms with Crippen molar-refractivity contribution in [2.24, 2.45) is 0 Å². The maximum absolute atomic E-state index is 5.12. The van der Waals surface area contributed by atoms with Crippen molar-refractivity contribution in [1.29, 1.82) is 0 Å². The van der Waals surface area contributed by atoms with Gasteiger partial charge in [0.25, 0.3) is 0 Å². The van der Waals surface area contributed by atoms with Gasteiger partial charge in [-0.05, 0) is 28.5 Å². The molecule has 0 N–H and O–H groups in total. The summed E-state index contributed by atoms with van der Waals surface area (Å²) >= 11 is 0. The first-order valence-corrected chi connectivity index (χ1v) is 6.29. The van der Waals surface area contributed by atoms with Crippen LogP contribution in [0.2, 0.25) is 0 Å². The molecule has 2 heteroatoms. The average Bonchev–Trinajstić information content (AvgIpc) is 2.72. The Morgan fingerprint density at radius 2 is 1.71 bits per heavy atom. The van der Waals surface area contributed by atoms with Crippen LogP contribution in [0.25, 0.3) is 0 Å². The molecule has 74 valence electrons. The van der Waals surface area contributed by atoms with E-state index < -0.39 is 0 Å². The largest absolute Gasteiger partial charge is 0.497 e. The summed E-state index contributed by atoms with van der Waals surface area (Å²) in [5.41, 5.74) is 1.38. The first-order valence-electron chi connectivity index (χ1n) is 4.62.